The van der Waals surface area contributed by atoms with Crippen LogP contribution in [0, 0.1) is 0 Å². The highest BCUT2D eigenvalue weighted by molar-refractivity contribution is 6.03. The summed E-state index contributed by atoms with van der Waals surface area (Å²) in [7, 11) is 1.48. The molecule has 0 spiro atoms. The lowest BCUT2D eigenvalue weighted by Crippen LogP contribution is -2.39. The van der Waals surface area contributed by atoms with E-state index in [-0.39, 0.29) is 23.5 Å². The van der Waals surface area contributed by atoms with Crippen LogP contribution in [0.25, 0.3) is 0 Å². The molecular formula is C17H20N2O5. The van der Waals surface area contributed by atoms with Crippen LogP contribution in [0.3, 0.4) is 0 Å². The molecule has 128 valence electrons. The molecule has 0 bridgehead atoms. The first kappa shape index (κ1) is 19.1. The lowest BCUT2D eigenvalue weighted by Gasteiger charge is -2.22. The zero-order valence-electron chi connectivity index (χ0n) is 13.5. The van der Waals surface area contributed by atoms with Gasteiger partial charge in [-0.15, -0.1) is 0 Å². The number of allylic oxidation sites excluding steroid dienone is 1. The third-order valence-electron chi connectivity index (χ3n) is 3.14. The van der Waals surface area contributed by atoms with E-state index in [1.165, 1.54) is 24.2 Å². The number of hydrogen-bond acceptors (Lipinski definition) is 6. The molecule has 7 heteroatoms. The predicted molar refractivity (Wildman–Crippen MR) is 87.7 cm³/mol. The minimum absolute atomic E-state index is 0.0602. The molecule has 0 aliphatic carbocycles. The number of amides is 1. The van der Waals surface area contributed by atoms with Gasteiger partial charge >= 0.3 is 0 Å². The zero-order valence-corrected chi connectivity index (χ0v) is 13.5. The Balaban J connectivity index is 2.91. The number of hydrazine groups is 1. The van der Waals surface area contributed by atoms with Crippen LogP contribution in [-0.2, 0) is 9.59 Å². The maximum absolute atomic E-state index is 12.6. The van der Waals surface area contributed by atoms with Crippen molar-refractivity contribution in [3.8, 4) is 5.75 Å². The summed E-state index contributed by atoms with van der Waals surface area (Å²) in [6.07, 6.45) is 3.48. The van der Waals surface area contributed by atoms with Gasteiger partial charge in [-0.05, 0) is 18.9 Å². The normalized spacial score (nSPS) is 9.71. The van der Waals surface area contributed by atoms with Crippen molar-refractivity contribution in [3.63, 3.8) is 0 Å². The molecule has 0 unspecified atom stereocenters. The minimum Gasteiger partial charge on any atom is -0.485 e. The van der Waals surface area contributed by atoms with E-state index in [1.54, 1.807) is 6.07 Å². The van der Waals surface area contributed by atoms with Crippen molar-refractivity contribution in [1.82, 2.24) is 10.4 Å². The topological polar surface area (TPSA) is 92.8 Å². The van der Waals surface area contributed by atoms with Gasteiger partial charge in [-0.2, -0.15) is 0 Å². The Kier molecular flexibility index (Phi) is 7.90. The van der Waals surface area contributed by atoms with Gasteiger partial charge in [0, 0.05) is 24.7 Å². The zero-order chi connectivity index (χ0) is 17.9. The molecule has 0 radical (unpaired) electrons. The summed E-state index contributed by atoms with van der Waals surface area (Å²) < 4.78 is 5.22. The highest BCUT2D eigenvalue weighted by atomic mass is 16.5. The molecule has 1 aromatic rings. The van der Waals surface area contributed by atoms with Gasteiger partial charge in [0.05, 0.1) is 5.56 Å². The van der Waals surface area contributed by atoms with Crippen molar-refractivity contribution in [2.75, 3.05) is 13.7 Å². The number of carbonyl (C=O) groups excluding carboxylic acids is 4. The van der Waals surface area contributed by atoms with E-state index in [4.69, 9.17) is 4.74 Å². The standard InChI is InChI=1S/C17H20N2O5/c1-13(6-3-4-9-20)18-19(2)17(23)16-14(12-22)7-5-8-15(16)24-11-10-21/h5,7-10,12,18H,1,3-4,6,11H2,2H3. The van der Waals surface area contributed by atoms with Gasteiger partial charge in [0.25, 0.3) is 5.91 Å². The first-order valence-electron chi connectivity index (χ1n) is 7.35. The van der Waals surface area contributed by atoms with E-state index < -0.39 is 5.91 Å². The van der Waals surface area contributed by atoms with Crippen LogP contribution in [0.2, 0.25) is 0 Å². The first-order valence-corrected chi connectivity index (χ1v) is 7.35. The summed E-state index contributed by atoms with van der Waals surface area (Å²) >= 11 is 0. The van der Waals surface area contributed by atoms with E-state index in [1.807, 2.05) is 0 Å². The van der Waals surface area contributed by atoms with Crippen molar-refractivity contribution in [3.05, 3.63) is 41.6 Å². The molecule has 0 aliphatic heterocycles. The Morgan fingerprint density at radius 1 is 1.29 bits per heavy atom. The van der Waals surface area contributed by atoms with Gasteiger partial charge in [0.15, 0.2) is 12.6 Å². The number of unbranched alkanes of at least 4 members (excludes halogenated alkanes) is 1. The summed E-state index contributed by atoms with van der Waals surface area (Å²) in [5, 5.41) is 1.18. The lowest BCUT2D eigenvalue weighted by atomic mass is 10.1. The van der Waals surface area contributed by atoms with Crippen LogP contribution in [0.4, 0.5) is 0 Å². The molecule has 0 saturated heterocycles. The van der Waals surface area contributed by atoms with Crippen molar-refractivity contribution >= 4 is 24.8 Å². The van der Waals surface area contributed by atoms with Gasteiger partial charge in [0.2, 0.25) is 0 Å². The summed E-state index contributed by atoms with van der Waals surface area (Å²) in [4.78, 5) is 44.6. The average molecular weight is 332 g/mol. The smallest absolute Gasteiger partial charge is 0.276 e. The number of aldehydes is 3. The third-order valence-corrected chi connectivity index (χ3v) is 3.14. The summed E-state index contributed by atoms with van der Waals surface area (Å²) in [5.74, 6) is -0.355. The number of carbonyl (C=O) groups is 4. The van der Waals surface area contributed by atoms with Crippen LogP contribution in [-0.4, -0.2) is 43.4 Å². The maximum atomic E-state index is 12.6. The Morgan fingerprint density at radius 3 is 2.67 bits per heavy atom. The predicted octanol–water partition coefficient (Wildman–Crippen LogP) is 1.54. The minimum atomic E-state index is -0.505. The highest BCUT2D eigenvalue weighted by Gasteiger charge is 2.21. The van der Waals surface area contributed by atoms with Gasteiger partial charge in [-0.25, -0.2) is 0 Å². The fourth-order valence-corrected chi connectivity index (χ4v) is 2.03. The molecule has 1 rings (SSSR count). The van der Waals surface area contributed by atoms with Crippen LogP contribution < -0.4 is 10.2 Å². The largest absolute Gasteiger partial charge is 0.485 e. The number of nitrogens with one attached hydrogen (secondary N) is 1. The summed E-state index contributed by atoms with van der Waals surface area (Å²) in [6.45, 7) is 3.57. The molecule has 1 amide bonds. The molecule has 0 fully saturated rings. The maximum Gasteiger partial charge on any atom is 0.276 e. The fraction of sp³-hybridized carbons (Fsp3) is 0.294. The number of hydrogen-bond donors (Lipinski definition) is 1. The van der Waals surface area contributed by atoms with Gasteiger partial charge in [0.1, 0.15) is 18.6 Å². The Morgan fingerprint density at radius 2 is 2.04 bits per heavy atom. The first-order chi connectivity index (χ1) is 11.5. The molecule has 1 N–H and O–H groups in total. The van der Waals surface area contributed by atoms with Crippen LogP contribution >= 0.6 is 0 Å². The highest BCUT2D eigenvalue weighted by Crippen LogP contribution is 2.23. The van der Waals surface area contributed by atoms with Crippen LogP contribution in [0.5, 0.6) is 5.75 Å². The second-order valence-electron chi connectivity index (χ2n) is 4.95. The van der Waals surface area contributed by atoms with Gasteiger partial charge < -0.3 is 15.0 Å². The van der Waals surface area contributed by atoms with Crippen molar-refractivity contribution in [1.29, 1.82) is 0 Å². The SMILES string of the molecule is C=C(CCCC=O)NN(C)C(=O)c1c(C=O)cccc1OCC=O. The fourth-order valence-electron chi connectivity index (χ4n) is 2.03. The lowest BCUT2D eigenvalue weighted by molar-refractivity contribution is -0.109. The average Bonchev–Trinajstić information content (AvgIpc) is 2.58. The molecule has 0 aliphatic rings. The van der Waals surface area contributed by atoms with Gasteiger partial charge in [-0.3, -0.25) is 19.4 Å². The van der Waals surface area contributed by atoms with E-state index in [9.17, 15) is 19.2 Å². The molecule has 0 aromatic heterocycles. The molecular weight excluding hydrogens is 312 g/mol. The van der Waals surface area contributed by atoms with E-state index >= 15 is 0 Å². The van der Waals surface area contributed by atoms with E-state index in [0.29, 0.717) is 37.5 Å². The second kappa shape index (κ2) is 9.94. The van der Waals surface area contributed by atoms with Crippen molar-refractivity contribution in [2.45, 2.75) is 19.3 Å². The Labute approximate surface area is 140 Å². The molecule has 7 nitrogen and oxygen atoms in total. The quantitative estimate of drug-likeness (QED) is 0.375. The van der Waals surface area contributed by atoms with Gasteiger partial charge in [-0.1, -0.05) is 18.7 Å². The number of nitrogens with zero attached hydrogens (tertiary/aromatic N) is 1. The summed E-state index contributed by atoms with van der Waals surface area (Å²) in [5.41, 5.74) is 3.58. The number of ether oxygens (including phenoxy) is 1. The third kappa shape index (κ3) is 5.35. The molecule has 0 heterocycles. The summed E-state index contributed by atoms with van der Waals surface area (Å²) in [6, 6.07) is 4.56. The molecule has 0 saturated carbocycles. The molecule has 0 atom stereocenters. The Hall–Kier alpha value is -2.96. The molecule has 24 heavy (non-hydrogen) atoms. The van der Waals surface area contributed by atoms with Crippen molar-refractivity contribution in [2.24, 2.45) is 0 Å². The second-order valence-corrected chi connectivity index (χ2v) is 4.95. The van der Waals surface area contributed by atoms with Crippen molar-refractivity contribution < 1.29 is 23.9 Å². The number of benzene rings is 1. The van der Waals surface area contributed by atoms with E-state index in [2.05, 4.69) is 12.0 Å². The monoisotopic (exact) mass is 332 g/mol. The van der Waals surface area contributed by atoms with E-state index in [0.717, 1.165) is 6.29 Å². The molecule has 1 aromatic carbocycles. The Bertz CT molecular complexity index is 627. The van der Waals surface area contributed by atoms with Crippen LogP contribution in [0.15, 0.2) is 30.5 Å². The number of rotatable bonds is 11. The van der Waals surface area contributed by atoms with Crippen LogP contribution in [0.1, 0.15) is 40.0 Å².